The van der Waals surface area contributed by atoms with Gasteiger partial charge < -0.3 is 19.9 Å². The molecule has 2 aromatic carbocycles. The van der Waals surface area contributed by atoms with Crippen molar-refractivity contribution in [1.29, 1.82) is 0 Å². The highest BCUT2D eigenvalue weighted by atomic mass is 16.5. The second kappa shape index (κ2) is 8.06. The highest BCUT2D eigenvalue weighted by Gasteiger charge is 2.32. The summed E-state index contributed by atoms with van der Waals surface area (Å²) in [5.74, 6) is 0.874. The summed E-state index contributed by atoms with van der Waals surface area (Å²) in [6, 6.07) is 13.9. The van der Waals surface area contributed by atoms with Crippen molar-refractivity contribution in [3.05, 3.63) is 48.5 Å². The average molecular weight is 407 g/mol. The number of amides is 3. The van der Waals surface area contributed by atoms with Gasteiger partial charge in [0.1, 0.15) is 11.8 Å². The van der Waals surface area contributed by atoms with Crippen LogP contribution in [0.5, 0.6) is 5.75 Å². The molecule has 0 fully saturated rings. The molecule has 1 aliphatic rings. The van der Waals surface area contributed by atoms with Gasteiger partial charge in [-0.25, -0.2) is 9.78 Å². The number of hydrogen-bond donors (Lipinski definition) is 2. The lowest BCUT2D eigenvalue weighted by atomic mass is 10.0. The third-order valence-electron chi connectivity index (χ3n) is 5.23. The molecule has 4 rings (SSSR count). The maximum Gasteiger partial charge on any atom is 0.324 e. The second-order valence-electron chi connectivity index (χ2n) is 7.60. The SMILES string of the molecule is COc1cccc(NC(=O)[C@@H](NC(=O)N2CCn3c2nc2ccccc23)C(C)C)c1. The second-order valence-corrected chi connectivity index (χ2v) is 7.60. The van der Waals surface area contributed by atoms with Gasteiger partial charge in [0.15, 0.2) is 0 Å². The number of fused-ring (bicyclic) bond motifs is 3. The van der Waals surface area contributed by atoms with Crippen LogP contribution in [0.4, 0.5) is 16.4 Å². The predicted octanol–water partition coefficient (Wildman–Crippen LogP) is 3.24. The van der Waals surface area contributed by atoms with E-state index in [1.54, 1.807) is 36.3 Å². The smallest absolute Gasteiger partial charge is 0.324 e. The van der Waals surface area contributed by atoms with Crippen molar-refractivity contribution in [2.45, 2.75) is 26.4 Å². The first-order valence-corrected chi connectivity index (χ1v) is 9.96. The molecule has 0 spiro atoms. The summed E-state index contributed by atoms with van der Waals surface area (Å²) in [6.07, 6.45) is 0. The van der Waals surface area contributed by atoms with Gasteiger partial charge in [0.05, 0.1) is 18.1 Å². The van der Waals surface area contributed by atoms with E-state index in [4.69, 9.17) is 4.74 Å². The first-order valence-electron chi connectivity index (χ1n) is 9.96. The topological polar surface area (TPSA) is 88.5 Å². The molecule has 0 aliphatic carbocycles. The Labute approximate surface area is 174 Å². The molecular weight excluding hydrogens is 382 g/mol. The van der Waals surface area contributed by atoms with Crippen molar-refractivity contribution >= 4 is 34.6 Å². The number of methoxy groups -OCH3 is 1. The van der Waals surface area contributed by atoms with Crippen LogP contribution in [0.15, 0.2) is 48.5 Å². The number of urea groups is 1. The average Bonchev–Trinajstić information content (AvgIpc) is 3.31. The Kier molecular flexibility index (Phi) is 5.31. The number of nitrogens with one attached hydrogen (secondary N) is 2. The summed E-state index contributed by atoms with van der Waals surface area (Å²) >= 11 is 0. The number of hydrogen-bond acceptors (Lipinski definition) is 4. The minimum absolute atomic E-state index is 0.0963. The van der Waals surface area contributed by atoms with Crippen LogP contribution in [0.25, 0.3) is 11.0 Å². The van der Waals surface area contributed by atoms with Crippen molar-refractivity contribution in [3.8, 4) is 5.75 Å². The van der Waals surface area contributed by atoms with Crippen LogP contribution in [0.2, 0.25) is 0 Å². The summed E-state index contributed by atoms with van der Waals surface area (Å²) in [6.45, 7) is 4.98. The Morgan fingerprint density at radius 2 is 1.90 bits per heavy atom. The fourth-order valence-electron chi connectivity index (χ4n) is 3.65. The van der Waals surface area contributed by atoms with Crippen LogP contribution in [0.3, 0.4) is 0 Å². The quantitative estimate of drug-likeness (QED) is 0.680. The monoisotopic (exact) mass is 407 g/mol. The first-order chi connectivity index (χ1) is 14.5. The number of nitrogens with zero attached hydrogens (tertiary/aromatic N) is 3. The highest BCUT2D eigenvalue weighted by Crippen LogP contribution is 2.27. The van der Waals surface area contributed by atoms with Crippen molar-refractivity contribution in [3.63, 3.8) is 0 Å². The molecule has 156 valence electrons. The molecule has 3 amide bonds. The minimum Gasteiger partial charge on any atom is -0.497 e. The van der Waals surface area contributed by atoms with Crippen molar-refractivity contribution in [1.82, 2.24) is 14.9 Å². The van der Waals surface area contributed by atoms with Crippen molar-refractivity contribution in [2.24, 2.45) is 5.92 Å². The predicted molar refractivity (Wildman–Crippen MR) is 116 cm³/mol. The minimum atomic E-state index is -0.692. The van der Waals surface area contributed by atoms with E-state index in [1.165, 1.54) is 0 Å². The third-order valence-corrected chi connectivity index (χ3v) is 5.23. The van der Waals surface area contributed by atoms with Crippen molar-refractivity contribution < 1.29 is 14.3 Å². The van der Waals surface area contributed by atoms with Gasteiger partial charge in [0.2, 0.25) is 11.9 Å². The normalized spacial score (nSPS) is 13.9. The Balaban J connectivity index is 1.50. The van der Waals surface area contributed by atoms with Crippen LogP contribution in [-0.2, 0) is 11.3 Å². The van der Waals surface area contributed by atoms with Gasteiger partial charge in [0.25, 0.3) is 0 Å². The van der Waals surface area contributed by atoms with E-state index in [1.807, 2.05) is 42.7 Å². The molecule has 0 unspecified atom stereocenters. The molecule has 0 saturated heterocycles. The van der Waals surface area contributed by atoms with Crippen LogP contribution < -0.4 is 20.3 Å². The van der Waals surface area contributed by atoms with Crippen LogP contribution >= 0.6 is 0 Å². The maximum atomic E-state index is 13.0. The van der Waals surface area contributed by atoms with Crippen LogP contribution in [-0.4, -0.2) is 41.2 Å². The van der Waals surface area contributed by atoms with E-state index in [0.717, 1.165) is 11.0 Å². The molecule has 2 N–H and O–H groups in total. The molecule has 8 nitrogen and oxygen atoms in total. The number of carbonyl (C=O) groups is 2. The lowest BCUT2D eigenvalue weighted by Crippen LogP contribution is -2.51. The van der Waals surface area contributed by atoms with Gasteiger partial charge in [-0.1, -0.05) is 32.0 Å². The van der Waals surface area contributed by atoms with Crippen molar-refractivity contribution in [2.75, 3.05) is 23.9 Å². The summed E-state index contributed by atoms with van der Waals surface area (Å²) in [5, 5.41) is 5.74. The van der Waals surface area contributed by atoms with Gasteiger partial charge in [-0.3, -0.25) is 9.69 Å². The molecule has 1 aliphatic heterocycles. The van der Waals surface area contributed by atoms with E-state index in [9.17, 15) is 9.59 Å². The van der Waals surface area contributed by atoms with Crippen LogP contribution in [0.1, 0.15) is 13.8 Å². The number of aromatic nitrogens is 2. The van der Waals surface area contributed by atoms with E-state index in [2.05, 4.69) is 15.6 Å². The largest absolute Gasteiger partial charge is 0.497 e. The number of para-hydroxylation sites is 2. The first kappa shape index (κ1) is 19.8. The molecule has 3 aromatic rings. The summed E-state index contributed by atoms with van der Waals surface area (Å²) in [5.41, 5.74) is 2.46. The Hall–Kier alpha value is -3.55. The number of carbonyl (C=O) groups excluding carboxylic acids is 2. The van der Waals surface area contributed by atoms with Gasteiger partial charge in [-0.15, -0.1) is 0 Å². The molecule has 2 heterocycles. The van der Waals surface area contributed by atoms with Gasteiger partial charge in [-0.2, -0.15) is 0 Å². The summed E-state index contributed by atoms with van der Waals surface area (Å²) in [4.78, 5) is 32.1. The van der Waals surface area contributed by atoms with E-state index >= 15 is 0 Å². The Morgan fingerprint density at radius 1 is 1.10 bits per heavy atom. The Bertz CT molecular complexity index is 1090. The zero-order valence-electron chi connectivity index (χ0n) is 17.3. The van der Waals surface area contributed by atoms with E-state index in [0.29, 0.717) is 30.5 Å². The molecule has 8 heteroatoms. The highest BCUT2D eigenvalue weighted by molar-refractivity contribution is 6.00. The number of anilines is 2. The zero-order chi connectivity index (χ0) is 21.3. The lowest BCUT2D eigenvalue weighted by molar-refractivity contribution is -0.118. The number of ether oxygens (including phenoxy) is 1. The standard InChI is InChI=1S/C22H25N5O3/c1-14(2)19(20(28)23-15-7-6-8-16(13-15)30-3)25-22(29)27-12-11-26-18-10-5-4-9-17(18)24-21(26)27/h4-10,13-14,19H,11-12H2,1-3H3,(H,23,28)(H,25,29)/t19-/m0/s1. The molecule has 30 heavy (non-hydrogen) atoms. The van der Waals surface area contributed by atoms with E-state index in [-0.39, 0.29) is 17.9 Å². The van der Waals surface area contributed by atoms with Gasteiger partial charge >= 0.3 is 6.03 Å². The molecular formula is C22H25N5O3. The fraction of sp³-hybridized carbons (Fsp3) is 0.318. The zero-order valence-corrected chi connectivity index (χ0v) is 17.3. The maximum absolute atomic E-state index is 13.0. The lowest BCUT2D eigenvalue weighted by Gasteiger charge is -2.24. The van der Waals surface area contributed by atoms with E-state index < -0.39 is 6.04 Å². The molecule has 0 saturated carbocycles. The number of rotatable bonds is 5. The number of benzene rings is 2. The molecule has 1 aromatic heterocycles. The third kappa shape index (κ3) is 3.68. The Morgan fingerprint density at radius 3 is 2.67 bits per heavy atom. The molecule has 1 atom stereocenters. The fourth-order valence-corrected chi connectivity index (χ4v) is 3.65. The molecule has 0 radical (unpaired) electrons. The summed E-state index contributed by atoms with van der Waals surface area (Å²) in [7, 11) is 1.57. The molecule has 0 bridgehead atoms. The number of imidazole rings is 1. The van der Waals surface area contributed by atoms with Gasteiger partial charge in [0, 0.05) is 24.8 Å². The van der Waals surface area contributed by atoms with Crippen LogP contribution in [0, 0.1) is 5.92 Å². The van der Waals surface area contributed by atoms with Gasteiger partial charge in [-0.05, 0) is 30.2 Å². The summed E-state index contributed by atoms with van der Waals surface area (Å²) < 4.78 is 7.22.